The van der Waals surface area contributed by atoms with Crippen molar-refractivity contribution in [3.63, 3.8) is 0 Å². The van der Waals surface area contributed by atoms with Crippen LogP contribution in [0.5, 0.6) is 0 Å². The van der Waals surface area contributed by atoms with E-state index in [1.807, 2.05) is 0 Å². The predicted molar refractivity (Wildman–Crippen MR) is 63.1 cm³/mol. The van der Waals surface area contributed by atoms with Gasteiger partial charge in [-0.25, -0.2) is 0 Å². The number of anilines is 1. The zero-order valence-corrected chi connectivity index (χ0v) is 9.44. The van der Waals surface area contributed by atoms with E-state index < -0.39 is 0 Å². The van der Waals surface area contributed by atoms with E-state index in [0.29, 0.717) is 5.92 Å². The van der Waals surface area contributed by atoms with Gasteiger partial charge in [0.2, 0.25) is 5.91 Å². The number of piperidine rings is 1. The highest BCUT2D eigenvalue weighted by Gasteiger charge is 2.24. The fourth-order valence-corrected chi connectivity index (χ4v) is 1.97. The van der Waals surface area contributed by atoms with E-state index in [2.05, 4.69) is 22.5 Å². The number of carbonyl (C=O) groups excluding carboxylic acids is 1. The van der Waals surface area contributed by atoms with Crippen molar-refractivity contribution >= 4 is 11.6 Å². The second-order valence-electron chi connectivity index (χ2n) is 4.36. The molecule has 0 aliphatic carbocycles. The molecular formula is C12H17N3O. The summed E-state index contributed by atoms with van der Waals surface area (Å²) >= 11 is 0. The average molecular weight is 219 g/mol. The summed E-state index contributed by atoms with van der Waals surface area (Å²) < 4.78 is 0. The first-order valence-corrected chi connectivity index (χ1v) is 5.70. The number of nitrogens with zero attached hydrogens (tertiary/aromatic N) is 1. The largest absolute Gasteiger partial charge is 0.325 e. The van der Waals surface area contributed by atoms with E-state index in [4.69, 9.17) is 0 Å². The van der Waals surface area contributed by atoms with Crippen molar-refractivity contribution in [1.82, 2.24) is 10.3 Å². The molecule has 16 heavy (non-hydrogen) atoms. The third-order valence-electron chi connectivity index (χ3n) is 2.93. The van der Waals surface area contributed by atoms with Crippen molar-refractivity contribution in [2.75, 3.05) is 11.9 Å². The number of hydrogen-bond donors (Lipinski definition) is 2. The van der Waals surface area contributed by atoms with Gasteiger partial charge in [-0.1, -0.05) is 6.92 Å². The minimum absolute atomic E-state index is 0.0535. The summed E-state index contributed by atoms with van der Waals surface area (Å²) in [6.45, 7) is 3.11. The molecule has 2 atom stereocenters. The van der Waals surface area contributed by atoms with Crippen molar-refractivity contribution in [3.05, 3.63) is 24.5 Å². The highest BCUT2D eigenvalue weighted by Crippen LogP contribution is 2.16. The molecule has 1 amide bonds. The first-order valence-electron chi connectivity index (χ1n) is 5.70. The Morgan fingerprint density at radius 3 is 2.94 bits per heavy atom. The van der Waals surface area contributed by atoms with Crippen molar-refractivity contribution in [2.45, 2.75) is 25.8 Å². The molecule has 0 spiro atoms. The summed E-state index contributed by atoms with van der Waals surface area (Å²) in [5.41, 5.74) is 0.806. The average Bonchev–Trinajstić information content (AvgIpc) is 2.30. The monoisotopic (exact) mass is 219 g/mol. The summed E-state index contributed by atoms with van der Waals surface area (Å²) in [5.74, 6) is 0.673. The Morgan fingerprint density at radius 2 is 2.25 bits per heavy atom. The number of aromatic nitrogens is 1. The quantitative estimate of drug-likeness (QED) is 0.790. The Labute approximate surface area is 95.5 Å². The maximum absolute atomic E-state index is 11.9. The zero-order valence-electron chi connectivity index (χ0n) is 9.44. The van der Waals surface area contributed by atoms with Crippen LogP contribution in [-0.2, 0) is 4.79 Å². The van der Waals surface area contributed by atoms with E-state index in [-0.39, 0.29) is 11.9 Å². The fraction of sp³-hybridized carbons (Fsp3) is 0.500. The van der Waals surface area contributed by atoms with Crippen LogP contribution in [-0.4, -0.2) is 23.5 Å². The molecule has 2 rings (SSSR count). The third kappa shape index (κ3) is 2.79. The lowest BCUT2D eigenvalue weighted by Gasteiger charge is -2.27. The molecule has 2 unspecified atom stereocenters. The van der Waals surface area contributed by atoms with Crippen LogP contribution in [0.3, 0.4) is 0 Å². The minimum Gasteiger partial charge on any atom is -0.325 e. The smallest absolute Gasteiger partial charge is 0.241 e. The molecule has 1 aliphatic rings. The molecule has 86 valence electrons. The van der Waals surface area contributed by atoms with Crippen LogP contribution >= 0.6 is 0 Å². The van der Waals surface area contributed by atoms with E-state index in [1.54, 1.807) is 24.5 Å². The van der Waals surface area contributed by atoms with E-state index in [0.717, 1.165) is 25.1 Å². The second-order valence-corrected chi connectivity index (χ2v) is 4.36. The molecule has 1 aromatic rings. The Morgan fingerprint density at radius 1 is 1.50 bits per heavy atom. The van der Waals surface area contributed by atoms with Crippen LogP contribution in [0.1, 0.15) is 19.8 Å². The highest BCUT2D eigenvalue weighted by atomic mass is 16.2. The highest BCUT2D eigenvalue weighted by molar-refractivity contribution is 5.94. The predicted octanol–water partition coefficient (Wildman–Crippen LogP) is 1.41. The minimum atomic E-state index is -0.0584. The summed E-state index contributed by atoms with van der Waals surface area (Å²) in [6, 6.07) is 3.53. The van der Waals surface area contributed by atoms with Crippen LogP contribution < -0.4 is 10.6 Å². The van der Waals surface area contributed by atoms with Gasteiger partial charge in [0.05, 0.1) is 6.04 Å². The van der Waals surface area contributed by atoms with Gasteiger partial charge in [0.25, 0.3) is 0 Å². The van der Waals surface area contributed by atoms with E-state index in [9.17, 15) is 4.79 Å². The number of nitrogens with one attached hydrogen (secondary N) is 2. The third-order valence-corrected chi connectivity index (χ3v) is 2.93. The van der Waals surface area contributed by atoms with Gasteiger partial charge in [-0.2, -0.15) is 0 Å². The van der Waals surface area contributed by atoms with Gasteiger partial charge < -0.3 is 10.6 Å². The topological polar surface area (TPSA) is 54.0 Å². The van der Waals surface area contributed by atoms with Gasteiger partial charge in [0.15, 0.2) is 0 Å². The first kappa shape index (κ1) is 11.1. The number of carbonyl (C=O) groups is 1. The van der Waals surface area contributed by atoms with Gasteiger partial charge in [-0.3, -0.25) is 9.78 Å². The van der Waals surface area contributed by atoms with Crippen LogP contribution in [0.25, 0.3) is 0 Å². The Balaban J connectivity index is 1.93. The Hall–Kier alpha value is -1.42. The number of pyridine rings is 1. The molecule has 0 aromatic carbocycles. The van der Waals surface area contributed by atoms with E-state index >= 15 is 0 Å². The Bertz CT molecular complexity index is 353. The van der Waals surface area contributed by atoms with Crippen molar-refractivity contribution < 1.29 is 4.79 Å². The van der Waals surface area contributed by atoms with Gasteiger partial charge >= 0.3 is 0 Å². The standard InChI is InChI=1S/C12H17N3O/c1-9-2-7-14-11(8-9)12(16)15-10-3-5-13-6-4-10/h3-6,9,11,14H,2,7-8H2,1H3,(H,13,15,16). The zero-order chi connectivity index (χ0) is 11.4. The lowest BCUT2D eigenvalue weighted by Crippen LogP contribution is -2.45. The number of hydrogen-bond acceptors (Lipinski definition) is 3. The molecule has 1 aromatic heterocycles. The molecular weight excluding hydrogens is 202 g/mol. The summed E-state index contributed by atoms with van der Waals surface area (Å²) in [4.78, 5) is 15.8. The summed E-state index contributed by atoms with van der Waals surface area (Å²) in [7, 11) is 0. The summed E-state index contributed by atoms with van der Waals surface area (Å²) in [6.07, 6.45) is 5.41. The maximum Gasteiger partial charge on any atom is 0.241 e. The maximum atomic E-state index is 11.9. The second kappa shape index (κ2) is 5.07. The SMILES string of the molecule is CC1CCNC(C(=O)Nc2ccncc2)C1. The van der Waals surface area contributed by atoms with Gasteiger partial charge in [0, 0.05) is 18.1 Å². The van der Waals surface area contributed by atoms with Crippen LogP contribution in [0.2, 0.25) is 0 Å². The molecule has 1 aliphatic heterocycles. The van der Waals surface area contributed by atoms with Crippen molar-refractivity contribution in [2.24, 2.45) is 5.92 Å². The van der Waals surface area contributed by atoms with Crippen molar-refractivity contribution in [1.29, 1.82) is 0 Å². The van der Waals surface area contributed by atoms with Gasteiger partial charge in [-0.15, -0.1) is 0 Å². The lowest BCUT2D eigenvalue weighted by atomic mass is 9.94. The van der Waals surface area contributed by atoms with Crippen LogP contribution in [0.4, 0.5) is 5.69 Å². The lowest BCUT2D eigenvalue weighted by molar-refractivity contribution is -0.119. The molecule has 2 heterocycles. The van der Waals surface area contributed by atoms with Gasteiger partial charge in [0.1, 0.15) is 0 Å². The normalized spacial score (nSPS) is 25.1. The molecule has 1 fully saturated rings. The first-order chi connectivity index (χ1) is 7.75. The Kier molecular flexibility index (Phi) is 3.51. The van der Waals surface area contributed by atoms with Crippen LogP contribution in [0.15, 0.2) is 24.5 Å². The van der Waals surface area contributed by atoms with E-state index in [1.165, 1.54) is 0 Å². The molecule has 4 nitrogen and oxygen atoms in total. The molecule has 0 saturated carbocycles. The van der Waals surface area contributed by atoms with Crippen LogP contribution in [0, 0.1) is 5.92 Å². The van der Waals surface area contributed by atoms with Gasteiger partial charge in [-0.05, 0) is 37.4 Å². The number of rotatable bonds is 2. The van der Waals surface area contributed by atoms with Crippen molar-refractivity contribution in [3.8, 4) is 0 Å². The molecule has 2 N–H and O–H groups in total. The molecule has 0 radical (unpaired) electrons. The molecule has 1 saturated heterocycles. The summed E-state index contributed by atoms with van der Waals surface area (Å²) in [5, 5.41) is 6.13. The molecule has 0 bridgehead atoms. The molecule has 4 heteroatoms. The fourth-order valence-electron chi connectivity index (χ4n) is 1.97. The number of amides is 1.